The minimum absolute atomic E-state index is 0.0641. The SMILES string of the molecule is O=C(CC(CN1CCSCC1)N1CCCCC1)OCc1ccccc1. The molecule has 1 aromatic carbocycles. The normalized spacial score (nSPS) is 21.0. The second kappa shape index (κ2) is 10.2. The van der Waals surface area contributed by atoms with E-state index in [1.165, 1.54) is 30.8 Å². The lowest BCUT2D eigenvalue weighted by Crippen LogP contribution is -2.49. The number of piperidine rings is 1. The molecule has 2 aliphatic heterocycles. The number of ether oxygens (including phenoxy) is 1. The molecule has 0 bridgehead atoms. The molecular formula is C20H30N2O2S. The summed E-state index contributed by atoms with van der Waals surface area (Å²) in [6, 6.07) is 10.2. The van der Waals surface area contributed by atoms with Gasteiger partial charge in [0.2, 0.25) is 0 Å². The van der Waals surface area contributed by atoms with Gasteiger partial charge in [-0.15, -0.1) is 0 Å². The molecule has 25 heavy (non-hydrogen) atoms. The predicted molar refractivity (Wildman–Crippen MR) is 104 cm³/mol. The molecule has 2 heterocycles. The highest BCUT2D eigenvalue weighted by atomic mass is 32.2. The molecule has 2 fully saturated rings. The molecule has 4 nitrogen and oxygen atoms in total. The number of rotatable bonds is 7. The van der Waals surface area contributed by atoms with Gasteiger partial charge in [-0.1, -0.05) is 36.8 Å². The zero-order valence-electron chi connectivity index (χ0n) is 15.1. The van der Waals surface area contributed by atoms with E-state index in [1.54, 1.807) is 0 Å². The van der Waals surface area contributed by atoms with Crippen LogP contribution in [0, 0.1) is 0 Å². The predicted octanol–water partition coefficient (Wildman–Crippen LogP) is 3.02. The summed E-state index contributed by atoms with van der Waals surface area (Å²) in [7, 11) is 0. The van der Waals surface area contributed by atoms with Crippen LogP contribution in [0.2, 0.25) is 0 Å². The van der Waals surface area contributed by atoms with E-state index in [0.29, 0.717) is 19.1 Å². The summed E-state index contributed by atoms with van der Waals surface area (Å²) in [6.45, 7) is 5.92. The van der Waals surface area contributed by atoms with Crippen molar-refractivity contribution in [1.82, 2.24) is 9.80 Å². The number of thioether (sulfide) groups is 1. The highest BCUT2D eigenvalue weighted by molar-refractivity contribution is 7.99. The zero-order chi connectivity index (χ0) is 17.3. The maximum Gasteiger partial charge on any atom is 0.307 e. The third kappa shape index (κ3) is 6.32. The van der Waals surface area contributed by atoms with Gasteiger partial charge in [-0.25, -0.2) is 0 Å². The molecule has 3 rings (SSSR count). The highest BCUT2D eigenvalue weighted by Gasteiger charge is 2.26. The summed E-state index contributed by atoms with van der Waals surface area (Å²) in [6.07, 6.45) is 4.34. The summed E-state index contributed by atoms with van der Waals surface area (Å²) in [5.41, 5.74) is 1.05. The monoisotopic (exact) mass is 362 g/mol. The topological polar surface area (TPSA) is 32.8 Å². The molecule has 0 aromatic heterocycles. The lowest BCUT2D eigenvalue weighted by Gasteiger charge is -2.38. The summed E-state index contributed by atoms with van der Waals surface area (Å²) < 4.78 is 5.55. The highest BCUT2D eigenvalue weighted by Crippen LogP contribution is 2.18. The molecule has 2 saturated heterocycles. The molecule has 0 N–H and O–H groups in total. The Bertz CT molecular complexity index is 514. The fourth-order valence-corrected chi connectivity index (χ4v) is 4.64. The van der Waals surface area contributed by atoms with E-state index in [2.05, 4.69) is 9.80 Å². The summed E-state index contributed by atoms with van der Waals surface area (Å²) in [5, 5.41) is 0. The molecule has 138 valence electrons. The lowest BCUT2D eigenvalue weighted by molar-refractivity contribution is -0.146. The van der Waals surface area contributed by atoms with Crippen molar-refractivity contribution in [3.05, 3.63) is 35.9 Å². The van der Waals surface area contributed by atoms with Gasteiger partial charge in [0.25, 0.3) is 0 Å². The Hall–Kier alpha value is -1.04. The molecular weight excluding hydrogens is 332 g/mol. The number of benzene rings is 1. The molecule has 2 aliphatic rings. The van der Waals surface area contributed by atoms with Crippen molar-refractivity contribution in [3.63, 3.8) is 0 Å². The van der Waals surface area contributed by atoms with Gasteiger partial charge >= 0.3 is 5.97 Å². The van der Waals surface area contributed by atoms with Gasteiger partial charge in [0.15, 0.2) is 0 Å². The van der Waals surface area contributed by atoms with Gasteiger partial charge in [-0.05, 0) is 31.5 Å². The lowest BCUT2D eigenvalue weighted by atomic mass is 10.1. The minimum atomic E-state index is -0.0641. The molecule has 0 amide bonds. The van der Waals surface area contributed by atoms with Crippen LogP contribution in [0.5, 0.6) is 0 Å². The van der Waals surface area contributed by atoms with E-state index in [9.17, 15) is 4.79 Å². The number of hydrogen-bond donors (Lipinski definition) is 0. The number of hydrogen-bond acceptors (Lipinski definition) is 5. The van der Waals surface area contributed by atoms with Crippen LogP contribution < -0.4 is 0 Å². The first-order chi connectivity index (χ1) is 12.3. The van der Waals surface area contributed by atoms with Crippen LogP contribution in [0.1, 0.15) is 31.2 Å². The third-order valence-corrected chi connectivity index (χ3v) is 6.07. The van der Waals surface area contributed by atoms with Crippen molar-refractivity contribution in [2.45, 2.75) is 38.3 Å². The van der Waals surface area contributed by atoms with Gasteiger partial charge in [-0.3, -0.25) is 9.69 Å². The van der Waals surface area contributed by atoms with Gasteiger partial charge in [-0.2, -0.15) is 11.8 Å². The van der Waals surface area contributed by atoms with Crippen molar-refractivity contribution in [3.8, 4) is 0 Å². The number of esters is 1. The number of carbonyl (C=O) groups excluding carboxylic acids is 1. The van der Waals surface area contributed by atoms with E-state index in [4.69, 9.17) is 4.74 Å². The third-order valence-electron chi connectivity index (χ3n) is 5.12. The largest absolute Gasteiger partial charge is 0.461 e. The molecule has 0 radical (unpaired) electrons. The van der Waals surface area contributed by atoms with E-state index in [-0.39, 0.29) is 5.97 Å². The summed E-state index contributed by atoms with van der Waals surface area (Å²) >= 11 is 2.03. The van der Waals surface area contributed by atoms with Crippen LogP contribution >= 0.6 is 11.8 Å². The average Bonchev–Trinajstić information content (AvgIpc) is 2.68. The van der Waals surface area contributed by atoms with Crippen LogP contribution in [0.3, 0.4) is 0 Å². The zero-order valence-corrected chi connectivity index (χ0v) is 15.9. The summed E-state index contributed by atoms with van der Waals surface area (Å²) in [5.74, 6) is 2.36. The van der Waals surface area contributed by atoms with Crippen molar-refractivity contribution < 1.29 is 9.53 Å². The first-order valence-electron chi connectivity index (χ1n) is 9.55. The second-order valence-electron chi connectivity index (χ2n) is 7.01. The Morgan fingerprint density at radius 3 is 2.48 bits per heavy atom. The van der Waals surface area contributed by atoms with E-state index in [1.807, 2.05) is 42.1 Å². The second-order valence-corrected chi connectivity index (χ2v) is 8.24. The Kier molecular flexibility index (Phi) is 7.64. The average molecular weight is 363 g/mol. The quantitative estimate of drug-likeness (QED) is 0.696. The van der Waals surface area contributed by atoms with Crippen LogP contribution in [-0.2, 0) is 16.1 Å². The minimum Gasteiger partial charge on any atom is -0.461 e. The van der Waals surface area contributed by atoms with E-state index < -0.39 is 0 Å². The standard InChI is InChI=1S/C20H30N2O2S/c23-20(24-17-18-7-3-1-4-8-18)15-19(22-9-5-2-6-10-22)16-21-11-13-25-14-12-21/h1,3-4,7-8,19H,2,5-6,9-17H2. The smallest absolute Gasteiger partial charge is 0.307 e. The maximum atomic E-state index is 12.4. The molecule has 0 saturated carbocycles. The Morgan fingerprint density at radius 1 is 1.04 bits per heavy atom. The number of carbonyl (C=O) groups is 1. The molecule has 1 atom stereocenters. The molecule has 1 unspecified atom stereocenters. The first kappa shape index (κ1) is 18.7. The molecule has 1 aromatic rings. The van der Waals surface area contributed by atoms with Crippen LogP contribution in [0.25, 0.3) is 0 Å². The maximum absolute atomic E-state index is 12.4. The molecule has 5 heteroatoms. The van der Waals surface area contributed by atoms with Crippen LogP contribution in [0.4, 0.5) is 0 Å². The van der Waals surface area contributed by atoms with Crippen molar-refractivity contribution in [1.29, 1.82) is 0 Å². The Balaban J connectivity index is 1.52. The number of nitrogens with zero attached hydrogens (tertiary/aromatic N) is 2. The summed E-state index contributed by atoms with van der Waals surface area (Å²) in [4.78, 5) is 17.5. The molecule has 0 aliphatic carbocycles. The van der Waals surface area contributed by atoms with Crippen molar-refractivity contribution in [2.75, 3.05) is 44.2 Å². The van der Waals surface area contributed by atoms with Crippen LogP contribution in [0.15, 0.2) is 30.3 Å². The fraction of sp³-hybridized carbons (Fsp3) is 0.650. The number of likely N-dealkylation sites (tertiary alicyclic amines) is 1. The van der Waals surface area contributed by atoms with E-state index >= 15 is 0 Å². The van der Waals surface area contributed by atoms with Gasteiger partial charge in [0, 0.05) is 37.2 Å². The van der Waals surface area contributed by atoms with Gasteiger partial charge < -0.3 is 9.64 Å². The first-order valence-corrected chi connectivity index (χ1v) is 10.7. The van der Waals surface area contributed by atoms with Crippen molar-refractivity contribution >= 4 is 17.7 Å². The fourth-order valence-electron chi connectivity index (χ4n) is 3.66. The Labute approximate surface area is 155 Å². The van der Waals surface area contributed by atoms with Crippen molar-refractivity contribution in [2.24, 2.45) is 0 Å². The molecule has 0 spiro atoms. The van der Waals surface area contributed by atoms with Crippen LogP contribution in [-0.4, -0.2) is 66.0 Å². The van der Waals surface area contributed by atoms with Gasteiger partial charge in [0.05, 0.1) is 6.42 Å². The Morgan fingerprint density at radius 2 is 1.76 bits per heavy atom. The van der Waals surface area contributed by atoms with E-state index in [0.717, 1.165) is 38.3 Å². The van der Waals surface area contributed by atoms with Gasteiger partial charge in [0.1, 0.15) is 6.61 Å².